The molecule has 0 aromatic rings. The molecular formula is C13H28O7. The van der Waals surface area contributed by atoms with Crippen molar-refractivity contribution in [1.82, 2.24) is 0 Å². The van der Waals surface area contributed by atoms with E-state index in [1.165, 1.54) is 35.2 Å². The van der Waals surface area contributed by atoms with Crippen molar-refractivity contribution in [2.75, 3.05) is 21.3 Å². The third-order valence-corrected chi connectivity index (χ3v) is 3.75. The number of hydrogen-bond donors (Lipinski definition) is 3. The Balaban J connectivity index is 5.08. The normalized spacial score (nSPS) is 19.5. The van der Waals surface area contributed by atoms with Crippen molar-refractivity contribution in [2.45, 2.75) is 63.7 Å². The lowest BCUT2D eigenvalue weighted by Gasteiger charge is -2.42. The van der Waals surface area contributed by atoms with E-state index in [-0.39, 0.29) is 0 Å². The lowest BCUT2D eigenvalue weighted by atomic mass is 10.0. The second-order valence-corrected chi connectivity index (χ2v) is 4.89. The summed E-state index contributed by atoms with van der Waals surface area (Å²) in [6, 6.07) is 0. The molecule has 0 aliphatic carbocycles. The molecule has 0 heterocycles. The van der Waals surface area contributed by atoms with Crippen LogP contribution >= 0.6 is 0 Å². The van der Waals surface area contributed by atoms with E-state index in [1.54, 1.807) is 13.8 Å². The van der Waals surface area contributed by atoms with E-state index >= 15 is 0 Å². The first-order valence-corrected chi connectivity index (χ1v) is 6.51. The van der Waals surface area contributed by atoms with E-state index in [0.29, 0.717) is 0 Å². The minimum Gasteiger partial charge on any atom is -0.388 e. The summed E-state index contributed by atoms with van der Waals surface area (Å²) >= 11 is 0. The summed E-state index contributed by atoms with van der Waals surface area (Å²) in [7, 11) is 4.40. The van der Waals surface area contributed by atoms with Crippen LogP contribution in [0, 0.1) is 0 Å². The summed E-state index contributed by atoms with van der Waals surface area (Å²) in [6.07, 6.45) is -3.58. The predicted molar refractivity (Wildman–Crippen MR) is 72.1 cm³/mol. The van der Waals surface area contributed by atoms with E-state index in [2.05, 4.69) is 0 Å². The Bertz CT molecular complexity index is 276. The van der Waals surface area contributed by atoms with Crippen LogP contribution in [0.15, 0.2) is 0 Å². The molecule has 0 rings (SSSR count). The highest BCUT2D eigenvalue weighted by Gasteiger charge is 2.47. The molecule has 20 heavy (non-hydrogen) atoms. The molecular weight excluding hydrogens is 268 g/mol. The maximum absolute atomic E-state index is 9.78. The van der Waals surface area contributed by atoms with Gasteiger partial charge in [0.2, 0.25) is 11.6 Å². The summed E-state index contributed by atoms with van der Waals surface area (Å²) in [6.45, 7) is 6.12. The van der Waals surface area contributed by atoms with Crippen LogP contribution < -0.4 is 0 Å². The van der Waals surface area contributed by atoms with Gasteiger partial charge in [0, 0.05) is 21.3 Å². The quantitative estimate of drug-likeness (QED) is 0.510. The van der Waals surface area contributed by atoms with Gasteiger partial charge in [-0.1, -0.05) is 0 Å². The number of rotatable bonds is 9. The molecule has 7 heteroatoms. The first-order chi connectivity index (χ1) is 9.09. The van der Waals surface area contributed by atoms with Crippen molar-refractivity contribution in [3.63, 3.8) is 0 Å². The second kappa shape index (κ2) is 7.65. The highest BCUT2D eigenvalue weighted by Crippen LogP contribution is 2.28. The number of aliphatic hydroxyl groups is 3. The van der Waals surface area contributed by atoms with Crippen molar-refractivity contribution < 1.29 is 34.3 Å². The standard InChI is InChI=1S/C13H28O7/c1-8(14)12(15,16)9(2)20-11(4)13(18-6,19-7)10(3)17-5/h8-11,14-16H,1-7H3. The van der Waals surface area contributed by atoms with Crippen molar-refractivity contribution in [1.29, 1.82) is 0 Å². The topological polar surface area (TPSA) is 97.6 Å². The van der Waals surface area contributed by atoms with Gasteiger partial charge in [-0.2, -0.15) is 0 Å². The average Bonchev–Trinajstić information content (AvgIpc) is 2.39. The van der Waals surface area contributed by atoms with Crippen molar-refractivity contribution in [3.8, 4) is 0 Å². The molecule has 0 aliphatic heterocycles. The lowest BCUT2D eigenvalue weighted by Crippen LogP contribution is -2.58. The summed E-state index contributed by atoms with van der Waals surface area (Å²) < 4.78 is 21.5. The number of aliphatic hydroxyl groups excluding tert-OH is 1. The zero-order valence-corrected chi connectivity index (χ0v) is 13.3. The second-order valence-electron chi connectivity index (χ2n) is 4.89. The molecule has 0 aromatic heterocycles. The van der Waals surface area contributed by atoms with E-state index in [0.717, 1.165) is 0 Å². The summed E-state index contributed by atoms with van der Waals surface area (Å²) in [5.41, 5.74) is 0. The van der Waals surface area contributed by atoms with Crippen LogP contribution in [-0.4, -0.2) is 72.6 Å². The molecule has 3 N–H and O–H groups in total. The molecule has 4 atom stereocenters. The molecule has 0 saturated heterocycles. The van der Waals surface area contributed by atoms with Gasteiger partial charge < -0.3 is 34.3 Å². The molecule has 0 amide bonds. The maximum Gasteiger partial charge on any atom is 0.220 e. The number of ether oxygens (including phenoxy) is 4. The van der Waals surface area contributed by atoms with Crippen LogP contribution in [-0.2, 0) is 18.9 Å². The lowest BCUT2D eigenvalue weighted by molar-refractivity contribution is -0.341. The molecule has 0 aromatic carbocycles. The first-order valence-electron chi connectivity index (χ1n) is 6.51. The van der Waals surface area contributed by atoms with Crippen LogP contribution in [0.1, 0.15) is 27.7 Å². The fourth-order valence-electron chi connectivity index (χ4n) is 2.08. The minimum atomic E-state index is -2.38. The molecule has 0 fully saturated rings. The van der Waals surface area contributed by atoms with E-state index < -0.39 is 36.0 Å². The van der Waals surface area contributed by atoms with Crippen molar-refractivity contribution >= 4 is 0 Å². The monoisotopic (exact) mass is 296 g/mol. The Kier molecular flexibility index (Phi) is 7.54. The summed E-state index contributed by atoms with van der Waals surface area (Å²) in [5, 5.41) is 28.9. The molecule has 122 valence electrons. The molecule has 0 spiro atoms. The van der Waals surface area contributed by atoms with Gasteiger partial charge in [0.05, 0.1) is 0 Å². The Labute approximate surface area is 120 Å². The molecule has 7 nitrogen and oxygen atoms in total. The summed E-state index contributed by atoms with van der Waals surface area (Å²) in [4.78, 5) is 0. The molecule has 0 saturated carbocycles. The highest BCUT2D eigenvalue weighted by molar-refractivity contribution is 4.87. The van der Waals surface area contributed by atoms with Crippen LogP contribution in [0.2, 0.25) is 0 Å². The number of methoxy groups -OCH3 is 3. The third-order valence-electron chi connectivity index (χ3n) is 3.75. The first kappa shape index (κ1) is 19.7. The van der Waals surface area contributed by atoms with Crippen molar-refractivity contribution in [3.05, 3.63) is 0 Å². The Morgan fingerprint density at radius 3 is 1.55 bits per heavy atom. The van der Waals surface area contributed by atoms with Gasteiger partial charge in [0.25, 0.3) is 0 Å². The van der Waals surface area contributed by atoms with E-state index in [9.17, 15) is 15.3 Å². The average molecular weight is 296 g/mol. The fraction of sp³-hybridized carbons (Fsp3) is 1.00. The van der Waals surface area contributed by atoms with Gasteiger partial charge >= 0.3 is 0 Å². The summed E-state index contributed by atoms with van der Waals surface area (Å²) in [5.74, 6) is -3.59. The zero-order chi connectivity index (χ0) is 16.1. The van der Waals surface area contributed by atoms with Gasteiger partial charge in [-0.25, -0.2) is 0 Å². The zero-order valence-electron chi connectivity index (χ0n) is 13.3. The van der Waals surface area contributed by atoms with Gasteiger partial charge in [-0.3, -0.25) is 0 Å². The SMILES string of the molecule is COC(C)C(OC)(OC)C(C)OC(C)C(O)(O)C(C)O. The van der Waals surface area contributed by atoms with Gasteiger partial charge in [0.15, 0.2) is 0 Å². The molecule has 0 bridgehead atoms. The van der Waals surface area contributed by atoms with Gasteiger partial charge in [-0.05, 0) is 27.7 Å². The van der Waals surface area contributed by atoms with Crippen molar-refractivity contribution in [2.24, 2.45) is 0 Å². The van der Waals surface area contributed by atoms with Gasteiger partial charge in [0.1, 0.15) is 24.4 Å². The predicted octanol–water partition coefficient (Wildman–Crippen LogP) is -0.134. The van der Waals surface area contributed by atoms with E-state index in [1.807, 2.05) is 0 Å². The highest BCUT2D eigenvalue weighted by atomic mass is 16.7. The number of hydrogen-bond acceptors (Lipinski definition) is 7. The van der Waals surface area contributed by atoms with Crippen LogP contribution in [0.5, 0.6) is 0 Å². The molecule has 0 radical (unpaired) electrons. The largest absolute Gasteiger partial charge is 0.388 e. The molecule has 0 aliphatic rings. The third kappa shape index (κ3) is 3.88. The van der Waals surface area contributed by atoms with Crippen LogP contribution in [0.4, 0.5) is 0 Å². The van der Waals surface area contributed by atoms with E-state index in [4.69, 9.17) is 18.9 Å². The van der Waals surface area contributed by atoms with Crippen LogP contribution in [0.3, 0.4) is 0 Å². The Morgan fingerprint density at radius 2 is 1.25 bits per heavy atom. The van der Waals surface area contributed by atoms with Gasteiger partial charge in [-0.15, -0.1) is 0 Å². The molecule has 4 unspecified atom stereocenters. The maximum atomic E-state index is 9.78. The van der Waals surface area contributed by atoms with Crippen LogP contribution in [0.25, 0.3) is 0 Å². The smallest absolute Gasteiger partial charge is 0.220 e. The fourth-order valence-corrected chi connectivity index (χ4v) is 2.08. The Hall–Kier alpha value is -0.280. The minimum absolute atomic E-state index is 0.460. The Morgan fingerprint density at radius 1 is 0.800 bits per heavy atom.